The number of benzene rings is 8. The zero-order valence-corrected chi connectivity index (χ0v) is 28.0. The Labute approximate surface area is 298 Å². The second kappa shape index (κ2) is 11.2. The summed E-state index contributed by atoms with van der Waals surface area (Å²) in [5.41, 5.74) is 9.74. The molecule has 4 heteroatoms. The Morgan fingerprint density at radius 1 is 0.385 bits per heavy atom. The second-order valence-corrected chi connectivity index (χ2v) is 13.3. The molecular formula is C48H29N3O. The monoisotopic (exact) mass is 663 g/mol. The molecule has 0 amide bonds. The summed E-state index contributed by atoms with van der Waals surface area (Å²) in [6.07, 6.45) is 0. The average molecular weight is 664 g/mol. The molecule has 52 heavy (non-hydrogen) atoms. The van der Waals surface area contributed by atoms with Crippen LogP contribution in [0.2, 0.25) is 0 Å². The Morgan fingerprint density at radius 2 is 0.904 bits per heavy atom. The van der Waals surface area contributed by atoms with E-state index < -0.39 is 0 Å². The van der Waals surface area contributed by atoms with Crippen LogP contribution in [-0.4, -0.2) is 14.5 Å². The molecule has 242 valence electrons. The van der Waals surface area contributed by atoms with Gasteiger partial charge >= 0.3 is 0 Å². The number of aromatic nitrogens is 3. The molecule has 4 nitrogen and oxygen atoms in total. The molecule has 0 fully saturated rings. The predicted octanol–water partition coefficient (Wildman–Crippen LogP) is 12.8. The third kappa shape index (κ3) is 4.21. The van der Waals surface area contributed by atoms with Gasteiger partial charge in [-0.05, 0) is 28.3 Å². The van der Waals surface area contributed by atoms with Crippen LogP contribution in [0.15, 0.2) is 180 Å². The molecule has 0 aliphatic heterocycles. The molecule has 0 N–H and O–H groups in total. The zero-order chi connectivity index (χ0) is 34.2. The SMILES string of the molecule is c1ccc(-c2cc(-c3ccccc3)nc(-n3c4c(-c5cccc6c5oc5ccccc56)cccc4c4c5ccccc5c5ccccc5c43)n2)cc1. The van der Waals surface area contributed by atoms with Crippen molar-refractivity contribution >= 4 is 65.3 Å². The number of rotatable bonds is 4. The van der Waals surface area contributed by atoms with Crippen molar-refractivity contribution in [1.82, 2.24) is 14.5 Å². The lowest BCUT2D eigenvalue weighted by molar-refractivity contribution is 0.670. The van der Waals surface area contributed by atoms with Crippen LogP contribution in [0.4, 0.5) is 0 Å². The van der Waals surface area contributed by atoms with Gasteiger partial charge in [0.25, 0.3) is 0 Å². The van der Waals surface area contributed by atoms with Crippen molar-refractivity contribution in [2.75, 3.05) is 0 Å². The summed E-state index contributed by atoms with van der Waals surface area (Å²) in [5, 5.41) is 9.27. The largest absolute Gasteiger partial charge is 0.455 e. The van der Waals surface area contributed by atoms with Crippen LogP contribution in [0.25, 0.3) is 105 Å². The molecule has 0 aliphatic carbocycles. The van der Waals surface area contributed by atoms with Crippen LogP contribution in [0.1, 0.15) is 0 Å². The van der Waals surface area contributed by atoms with Crippen LogP contribution in [0, 0.1) is 0 Å². The summed E-state index contributed by atoms with van der Waals surface area (Å²) < 4.78 is 8.98. The van der Waals surface area contributed by atoms with Gasteiger partial charge in [0.15, 0.2) is 0 Å². The van der Waals surface area contributed by atoms with E-state index in [0.29, 0.717) is 5.95 Å². The Morgan fingerprint density at radius 3 is 1.60 bits per heavy atom. The number of hydrogen-bond donors (Lipinski definition) is 0. The first-order valence-corrected chi connectivity index (χ1v) is 17.6. The molecular weight excluding hydrogens is 635 g/mol. The fraction of sp³-hybridized carbons (Fsp3) is 0. The topological polar surface area (TPSA) is 43.9 Å². The van der Waals surface area contributed by atoms with Gasteiger partial charge in [-0.3, -0.25) is 4.57 Å². The molecule has 3 aromatic heterocycles. The summed E-state index contributed by atoms with van der Waals surface area (Å²) >= 11 is 0. The van der Waals surface area contributed by atoms with Crippen molar-refractivity contribution in [2.45, 2.75) is 0 Å². The minimum atomic E-state index is 0.616. The smallest absolute Gasteiger partial charge is 0.235 e. The third-order valence-electron chi connectivity index (χ3n) is 10.4. The summed E-state index contributed by atoms with van der Waals surface area (Å²) in [7, 11) is 0. The quantitative estimate of drug-likeness (QED) is 0.176. The first kappa shape index (κ1) is 28.8. The first-order chi connectivity index (χ1) is 25.8. The first-order valence-electron chi connectivity index (χ1n) is 17.6. The molecule has 8 aromatic carbocycles. The molecule has 0 spiro atoms. The lowest BCUT2D eigenvalue weighted by Crippen LogP contribution is -2.05. The van der Waals surface area contributed by atoms with Gasteiger partial charge in [-0.2, -0.15) is 0 Å². The minimum absolute atomic E-state index is 0.616. The van der Waals surface area contributed by atoms with E-state index in [1.165, 1.54) is 21.5 Å². The van der Waals surface area contributed by atoms with Gasteiger partial charge in [0, 0.05) is 49.2 Å². The lowest BCUT2D eigenvalue weighted by Gasteiger charge is -2.15. The van der Waals surface area contributed by atoms with Crippen LogP contribution in [-0.2, 0) is 0 Å². The van der Waals surface area contributed by atoms with Crippen LogP contribution in [0.5, 0.6) is 0 Å². The molecule has 0 unspecified atom stereocenters. The maximum Gasteiger partial charge on any atom is 0.235 e. The Kier molecular flexibility index (Phi) is 6.22. The summed E-state index contributed by atoms with van der Waals surface area (Å²) in [4.78, 5) is 10.8. The highest BCUT2D eigenvalue weighted by Gasteiger charge is 2.25. The maximum absolute atomic E-state index is 6.66. The van der Waals surface area contributed by atoms with Crippen LogP contribution < -0.4 is 0 Å². The van der Waals surface area contributed by atoms with Crippen LogP contribution in [0.3, 0.4) is 0 Å². The fourth-order valence-electron chi connectivity index (χ4n) is 8.15. The number of hydrogen-bond acceptors (Lipinski definition) is 3. The van der Waals surface area contributed by atoms with E-state index in [1.54, 1.807) is 0 Å². The van der Waals surface area contributed by atoms with Gasteiger partial charge in [0.1, 0.15) is 11.2 Å². The molecule has 11 rings (SSSR count). The number of furan rings is 1. The highest BCUT2D eigenvalue weighted by molar-refractivity contribution is 6.33. The zero-order valence-electron chi connectivity index (χ0n) is 28.0. The summed E-state index contributed by atoms with van der Waals surface area (Å²) in [6.45, 7) is 0. The van der Waals surface area contributed by atoms with Crippen molar-refractivity contribution in [3.8, 4) is 39.6 Å². The number of fused-ring (bicyclic) bond motifs is 11. The highest BCUT2D eigenvalue weighted by Crippen LogP contribution is 2.46. The van der Waals surface area contributed by atoms with Gasteiger partial charge in [0.2, 0.25) is 5.95 Å². The van der Waals surface area contributed by atoms with Gasteiger partial charge in [0.05, 0.1) is 22.4 Å². The van der Waals surface area contributed by atoms with Crippen molar-refractivity contribution < 1.29 is 4.42 Å². The molecule has 0 bridgehead atoms. The molecule has 0 aliphatic rings. The van der Waals surface area contributed by atoms with E-state index in [4.69, 9.17) is 14.4 Å². The van der Waals surface area contributed by atoms with E-state index in [1.807, 2.05) is 24.3 Å². The van der Waals surface area contributed by atoms with E-state index in [0.717, 1.165) is 77.4 Å². The summed E-state index contributed by atoms with van der Waals surface area (Å²) in [6, 6.07) is 61.7. The van der Waals surface area contributed by atoms with Crippen molar-refractivity contribution in [3.05, 3.63) is 176 Å². The van der Waals surface area contributed by atoms with Crippen molar-refractivity contribution in [1.29, 1.82) is 0 Å². The highest BCUT2D eigenvalue weighted by atomic mass is 16.3. The Balaban J connectivity index is 1.36. The maximum atomic E-state index is 6.66. The van der Waals surface area contributed by atoms with Gasteiger partial charge in [-0.1, -0.05) is 164 Å². The van der Waals surface area contributed by atoms with Crippen molar-refractivity contribution in [2.24, 2.45) is 0 Å². The molecule has 0 atom stereocenters. The predicted molar refractivity (Wildman–Crippen MR) is 215 cm³/mol. The number of nitrogens with zero attached hydrogens (tertiary/aromatic N) is 3. The normalized spacial score (nSPS) is 11.8. The van der Waals surface area contributed by atoms with E-state index >= 15 is 0 Å². The molecule has 0 saturated heterocycles. The van der Waals surface area contributed by atoms with E-state index in [2.05, 4.69) is 156 Å². The standard InChI is InChI=1S/C48H29N3O/c1-3-15-30(16-4-1)41-29-42(31-17-5-2-6-18-31)50-48(49-41)51-45-37(39-26-14-25-38-34-21-11-12-28-43(34)52-47(38)39)24-13-27-40(45)44-35-22-9-7-19-32(35)33-20-8-10-23-36(33)46(44)51/h1-29H. The fourth-order valence-corrected chi connectivity index (χ4v) is 8.15. The lowest BCUT2D eigenvalue weighted by atomic mass is 9.95. The Bertz CT molecular complexity index is 3120. The molecule has 0 radical (unpaired) electrons. The minimum Gasteiger partial charge on any atom is -0.455 e. The van der Waals surface area contributed by atoms with E-state index in [9.17, 15) is 0 Å². The van der Waals surface area contributed by atoms with Gasteiger partial charge in [-0.25, -0.2) is 9.97 Å². The Hall–Kier alpha value is -7.04. The van der Waals surface area contributed by atoms with Crippen LogP contribution >= 0.6 is 0 Å². The average Bonchev–Trinajstić information content (AvgIpc) is 3.78. The molecule has 0 saturated carbocycles. The third-order valence-corrected chi connectivity index (χ3v) is 10.4. The van der Waals surface area contributed by atoms with Gasteiger partial charge < -0.3 is 4.42 Å². The van der Waals surface area contributed by atoms with Gasteiger partial charge in [-0.15, -0.1) is 0 Å². The summed E-state index contributed by atoms with van der Waals surface area (Å²) in [5.74, 6) is 0.616. The van der Waals surface area contributed by atoms with Crippen molar-refractivity contribution in [3.63, 3.8) is 0 Å². The second-order valence-electron chi connectivity index (χ2n) is 13.3. The molecule has 3 heterocycles. The van der Waals surface area contributed by atoms with E-state index in [-0.39, 0.29) is 0 Å². The number of para-hydroxylation sites is 3. The molecule has 11 aromatic rings.